The number of amides is 2. The van der Waals surface area contributed by atoms with Crippen molar-refractivity contribution in [2.45, 2.75) is 44.6 Å². The van der Waals surface area contributed by atoms with Gasteiger partial charge in [-0.3, -0.25) is 19.5 Å². The summed E-state index contributed by atoms with van der Waals surface area (Å²) < 4.78 is 0. The molecule has 0 radical (unpaired) electrons. The van der Waals surface area contributed by atoms with Gasteiger partial charge in [-0.2, -0.15) is 0 Å². The summed E-state index contributed by atoms with van der Waals surface area (Å²) in [7, 11) is 0. The minimum atomic E-state index is -0.524. The van der Waals surface area contributed by atoms with Gasteiger partial charge in [-0.1, -0.05) is 18.2 Å². The monoisotopic (exact) mass is 466 g/mol. The number of nitrogens with zero attached hydrogens (tertiary/aromatic N) is 3. The Balaban J connectivity index is 1.15. The second-order valence-corrected chi connectivity index (χ2v) is 10.9. The van der Waals surface area contributed by atoms with E-state index in [4.69, 9.17) is 4.99 Å². The van der Waals surface area contributed by atoms with Crippen LogP contribution in [-0.2, 0) is 9.59 Å². The normalized spacial score (nSPS) is 22.9. The molecular weight excluding hydrogens is 436 g/mol. The van der Waals surface area contributed by atoms with Crippen LogP contribution in [0, 0.1) is 18.8 Å². The van der Waals surface area contributed by atoms with Crippen molar-refractivity contribution in [3.05, 3.63) is 59.8 Å². The molecule has 3 fully saturated rings. The van der Waals surface area contributed by atoms with Crippen LogP contribution in [0.3, 0.4) is 0 Å². The van der Waals surface area contributed by atoms with Crippen molar-refractivity contribution in [1.29, 1.82) is 0 Å². The standard InChI is InChI=1S/C29H30N4O2/c1-18-14-23(4-6-24(18)21-5-7-25-22(15-21)8-12-30-25)26-31-29(10-11-29)28(35)33(26)17-19-9-13-32(16-19)27(34)20-2-3-20/h4-8,12,14-15,19-20,30H,2-3,9-11,13,16-17H2,1H3. The Hall–Kier alpha value is -3.41. The number of benzene rings is 2. The van der Waals surface area contributed by atoms with Gasteiger partial charge in [0.1, 0.15) is 11.4 Å². The first kappa shape index (κ1) is 20.9. The van der Waals surface area contributed by atoms with Crippen LogP contribution >= 0.6 is 0 Å². The molecule has 2 aromatic carbocycles. The third kappa shape index (κ3) is 3.49. The summed E-state index contributed by atoms with van der Waals surface area (Å²) in [5.74, 6) is 1.86. The Labute approximate surface area is 205 Å². The van der Waals surface area contributed by atoms with Crippen molar-refractivity contribution < 1.29 is 9.59 Å². The second kappa shape index (κ2) is 7.54. The van der Waals surface area contributed by atoms with E-state index < -0.39 is 5.54 Å². The van der Waals surface area contributed by atoms with Gasteiger partial charge in [0.15, 0.2) is 0 Å². The van der Waals surface area contributed by atoms with E-state index in [1.807, 2.05) is 16.0 Å². The zero-order valence-electron chi connectivity index (χ0n) is 20.1. The molecule has 0 bridgehead atoms. The smallest absolute Gasteiger partial charge is 0.256 e. The Morgan fingerprint density at radius 1 is 1.09 bits per heavy atom. The number of rotatable bonds is 5. The molecule has 4 aliphatic rings. The number of H-pyrrole nitrogens is 1. The highest BCUT2D eigenvalue weighted by Crippen LogP contribution is 2.46. The van der Waals surface area contributed by atoms with E-state index >= 15 is 0 Å². The number of hydrogen-bond donors (Lipinski definition) is 1. The lowest BCUT2D eigenvalue weighted by molar-refractivity contribution is -0.131. The van der Waals surface area contributed by atoms with Gasteiger partial charge in [-0.15, -0.1) is 0 Å². The highest BCUT2D eigenvalue weighted by atomic mass is 16.2. The van der Waals surface area contributed by atoms with Gasteiger partial charge in [-0.25, -0.2) is 0 Å². The van der Waals surface area contributed by atoms with Crippen LogP contribution in [-0.4, -0.2) is 57.6 Å². The van der Waals surface area contributed by atoms with E-state index in [1.165, 1.54) is 22.1 Å². The molecule has 1 spiro atoms. The molecule has 2 aliphatic heterocycles. The third-order valence-electron chi connectivity index (χ3n) is 8.26. The molecule has 1 atom stereocenters. The number of fused-ring (bicyclic) bond motifs is 1. The highest BCUT2D eigenvalue weighted by molar-refractivity contribution is 6.16. The molecule has 1 saturated heterocycles. The van der Waals surface area contributed by atoms with Gasteiger partial charge in [0.25, 0.3) is 5.91 Å². The Morgan fingerprint density at radius 2 is 1.91 bits per heavy atom. The number of likely N-dealkylation sites (tertiary alicyclic amines) is 1. The number of carbonyl (C=O) groups is 2. The first-order valence-corrected chi connectivity index (χ1v) is 12.9. The van der Waals surface area contributed by atoms with Crippen LogP contribution in [0.25, 0.3) is 22.0 Å². The van der Waals surface area contributed by atoms with Crippen molar-refractivity contribution in [3.63, 3.8) is 0 Å². The van der Waals surface area contributed by atoms with Gasteiger partial charge in [0.2, 0.25) is 5.91 Å². The molecule has 3 aromatic rings. The van der Waals surface area contributed by atoms with E-state index in [-0.39, 0.29) is 11.8 Å². The molecule has 6 nitrogen and oxygen atoms in total. The summed E-state index contributed by atoms with van der Waals surface area (Å²) in [4.78, 5) is 38.1. The van der Waals surface area contributed by atoms with Crippen molar-refractivity contribution in [2.75, 3.05) is 19.6 Å². The number of carbonyl (C=O) groups excluding carboxylic acids is 2. The van der Waals surface area contributed by atoms with Crippen molar-refractivity contribution in [3.8, 4) is 11.1 Å². The fraction of sp³-hybridized carbons (Fsp3) is 0.414. The summed E-state index contributed by atoms with van der Waals surface area (Å²) in [6.07, 6.45) is 6.69. The number of aryl methyl sites for hydroxylation is 1. The molecule has 2 saturated carbocycles. The number of aromatic nitrogens is 1. The summed E-state index contributed by atoms with van der Waals surface area (Å²) in [6, 6.07) is 15.0. The molecule has 178 valence electrons. The average molecular weight is 467 g/mol. The molecular formula is C29H30N4O2. The minimum Gasteiger partial charge on any atom is -0.361 e. The maximum absolute atomic E-state index is 13.4. The van der Waals surface area contributed by atoms with E-state index in [9.17, 15) is 9.59 Å². The van der Waals surface area contributed by atoms with E-state index in [0.717, 1.165) is 62.1 Å². The number of aliphatic imine (C=N–C) groups is 1. The molecule has 7 rings (SSSR count). The van der Waals surface area contributed by atoms with Crippen LogP contribution < -0.4 is 0 Å². The molecule has 1 N–H and O–H groups in total. The van der Waals surface area contributed by atoms with E-state index in [1.54, 1.807) is 0 Å². The number of aromatic amines is 1. The third-order valence-corrected chi connectivity index (χ3v) is 8.26. The molecule has 1 aromatic heterocycles. The zero-order valence-corrected chi connectivity index (χ0v) is 20.1. The Bertz CT molecular complexity index is 1390. The summed E-state index contributed by atoms with van der Waals surface area (Å²) >= 11 is 0. The fourth-order valence-electron chi connectivity index (χ4n) is 5.87. The second-order valence-electron chi connectivity index (χ2n) is 10.9. The first-order valence-electron chi connectivity index (χ1n) is 12.9. The SMILES string of the molecule is Cc1cc(C2=NC3(CC3)C(=O)N2CC2CCN(C(=O)C3CC3)C2)ccc1-c1ccc2[nH]ccc2c1. The summed E-state index contributed by atoms with van der Waals surface area (Å²) in [5.41, 5.74) is 5.17. The van der Waals surface area contributed by atoms with Crippen molar-refractivity contribution in [2.24, 2.45) is 16.8 Å². The summed E-state index contributed by atoms with van der Waals surface area (Å²) in [5, 5.41) is 1.20. The topological polar surface area (TPSA) is 68.8 Å². The Kier molecular flexibility index (Phi) is 4.51. The molecule has 2 aliphatic carbocycles. The number of amidine groups is 1. The average Bonchev–Trinajstić information content (AvgIpc) is 3.74. The lowest BCUT2D eigenvalue weighted by Crippen LogP contribution is -2.41. The molecule has 1 unspecified atom stereocenters. The van der Waals surface area contributed by atoms with E-state index in [0.29, 0.717) is 18.4 Å². The largest absolute Gasteiger partial charge is 0.361 e. The van der Waals surface area contributed by atoms with Gasteiger partial charge in [0.05, 0.1) is 0 Å². The van der Waals surface area contributed by atoms with Crippen molar-refractivity contribution >= 4 is 28.6 Å². The molecule has 35 heavy (non-hydrogen) atoms. The van der Waals surface area contributed by atoms with Gasteiger partial charge in [-0.05, 0) is 91.3 Å². The number of nitrogens with one attached hydrogen (secondary N) is 1. The lowest BCUT2D eigenvalue weighted by atomic mass is 9.97. The van der Waals surface area contributed by atoms with Crippen LogP contribution in [0.15, 0.2) is 53.7 Å². The van der Waals surface area contributed by atoms with E-state index in [2.05, 4.69) is 54.4 Å². The lowest BCUT2D eigenvalue weighted by Gasteiger charge is -2.24. The highest BCUT2D eigenvalue weighted by Gasteiger charge is 2.57. The van der Waals surface area contributed by atoms with Crippen molar-refractivity contribution in [1.82, 2.24) is 14.8 Å². The summed E-state index contributed by atoms with van der Waals surface area (Å²) in [6.45, 7) is 4.36. The van der Waals surface area contributed by atoms with Crippen LogP contribution in [0.2, 0.25) is 0 Å². The minimum absolute atomic E-state index is 0.152. The maximum Gasteiger partial charge on any atom is 0.256 e. The zero-order chi connectivity index (χ0) is 23.7. The molecule has 2 amide bonds. The van der Waals surface area contributed by atoms with Gasteiger partial charge in [0, 0.05) is 42.8 Å². The van der Waals surface area contributed by atoms with Crippen LogP contribution in [0.4, 0.5) is 0 Å². The first-order chi connectivity index (χ1) is 17.0. The van der Waals surface area contributed by atoms with Gasteiger partial charge < -0.3 is 9.88 Å². The predicted octanol–water partition coefficient (Wildman–Crippen LogP) is 4.52. The predicted molar refractivity (Wildman–Crippen MR) is 136 cm³/mol. The number of hydrogen-bond acceptors (Lipinski definition) is 3. The van der Waals surface area contributed by atoms with Crippen LogP contribution in [0.5, 0.6) is 0 Å². The quantitative estimate of drug-likeness (QED) is 0.601. The Morgan fingerprint density at radius 3 is 2.69 bits per heavy atom. The molecule has 6 heteroatoms. The maximum atomic E-state index is 13.4. The van der Waals surface area contributed by atoms with Gasteiger partial charge >= 0.3 is 0 Å². The fourth-order valence-corrected chi connectivity index (χ4v) is 5.87. The van der Waals surface area contributed by atoms with Crippen LogP contribution in [0.1, 0.15) is 43.2 Å². The molecule has 3 heterocycles.